The van der Waals surface area contributed by atoms with Gasteiger partial charge in [0.1, 0.15) is 11.5 Å². The number of aryl methyl sites for hydroxylation is 1. The van der Waals surface area contributed by atoms with E-state index in [2.05, 4.69) is 9.97 Å². The Morgan fingerprint density at radius 2 is 2.30 bits per heavy atom. The van der Waals surface area contributed by atoms with E-state index >= 15 is 0 Å². The summed E-state index contributed by atoms with van der Waals surface area (Å²) in [7, 11) is 0. The highest BCUT2D eigenvalue weighted by atomic mass is 35.5. The fourth-order valence-corrected chi connectivity index (χ4v) is 0.961. The molecule has 4 heteroatoms. The number of halogens is 1. The summed E-state index contributed by atoms with van der Waals surface area (Å²) >= 11 is 5.70. The second-order valence-corrected chi connectivity index (χ2v) is 2.29. The molecular weight excluding hydrogens is 150 g/mol. The van der Waals surface area contributed by atoms with Crippen molar-refractivity contribution >= 4 is 11.6 Å². The smallest absolute Gasteiger partial charge is 0.137 e. The summed E-state index contributed by atoms with van der Waals surface area (Å²) in [5.41, 5.74) is 7.06. The molecule has 0 saturated heterocycles. The van der Waals surface area contributed by atoms with Gasteiger partial charge in [0.15, 0.2) is 0 Å². The van der Waals surface area contributed by atoms with E-state index in [1.54, 1.807) is 0 Å². The summed E-state index contributed by atoms with van der Waals surface area (Å²) in [5, 5.41) is 0.454. The second-order valence-electron chi connectivity index (χ2n) is 1.93. The van der Waals surface area contributed by atoms with Crippen LogP contribution in [0.15, 0.2) is 6.33 Å². The Morgan fingerprint density at radius 1 is 1.60 bits per heavy atom. The molecule has 0 unspecified atom stereocenters. The zero-order chi connectivity index (χ0) is 7.56. The third-order valence-corrected chi connectivity index (χ3v) is 1.64. The largest absolute Gasteiger partial charge is 0.326 e. The van der Waals surface area contributed by atoms with Gasteiger partial charge < -0.3 is 5.73 Å². The van der Waals surface area contributed by atoms with E-state index < -0.39 is 0 Å². The topological polar surface area (TPSA) is 51.8 Å². The maximum absolute atomic E-state index is 5.70. The van der Waals surface area contributed by atoms with Crippen molar-refractivity contribution in [2.24, 2.45) is 5.73 Å². The molecule has 0 atom stereocenters. The Kier molecular flexibility index (Phi) is 2.19. The molecule has 54 valence electrons. The Bertz CT molecular complexity index is 216. The van der Waals surface area contributed by atoms with Gasteiger partial charge >= 0.3 is 0 Å². The van der Waals surface area contributed by atoms with E-state index in [0.717, 1.165) is 11.3 Å². The predicted molar refractivity (Wildman–Crippen MR) is 39.7 cm³/mol. The van der Waals surface area contributed by atoms with Gasteiger partial charge in [-0.15, -0.1) is 0 Å². The van der Waals surface area contributed by atoms with Crippen LogP contribution in [0.3, 0.4) is 0 Å². The maximum Gasteiger partial charge on any atom is 0.137 e. The Morgan fingerprint density at radius 3 is 2.70 bits per heavy atom. The van der Waals surface area contributed by atoms with Crippen molar-refractivity contribution in [2.45, 2.75) is 13.5 Å². The van der Waals surface area contributed by atoms with Crippen LogP contribution in [0, 0.1) is 6.92 Å². The van der Waals surface area contributed by atoms with Crippen LogP contribution in [0.25, 0.3) is 0 Å². The lowest BCUT2D eigenvalue weighted by Crippen LogP contribution is -2.02. The van der Waals surface area contributed by atoms with Gasteiger partial charge in [0.2, 0.25) is 0 Å². The molecule has 1 heterocycles. The molecule has 3 nitrogen and oxygen atoms in total. The van der Waals surface area contributed by atoms with Crippen LogP contribution >= 0.6 is 11.6 Å². The lowest BCUT2D eigenvalue weighted by molar-refractivity contribution is 0.968. The van der Waals surface area contributed by atoms with Gasteiger partial charge in [-0.1, -0.05) is 11.6 Å². The van der Waals surface area contributed by atoms with Crippen LogP contribution < -0.4 is 5.73 Å². The minimum Gasteiger partial charge on any atom is -0.326 e. The van der Waals surface area contributed by atoms with E-state index in [4.69, 9.17) is 17.3 Å². The van der Waals surface area contributed by atoms with Crippen LogP contribution in [0.4, 0.5) is 0 Å². The van der Waals surface area contributed by atoms with Crippen molar-refractivity contribution in [1.82, 2.24) is 9.97 Å². The summed E-state index contributed by atoms with van der Waals surface area (Å²) in [6.07, 6.45) is 1.43. The van der Waals surface area contributed by atoms with Gasteiger partial charge in [-0.25, -0.2) is 9.97 Å². The van der Waals surface area contributed by atoms with Gasteiger partial charge in [-0.2, -0.15) is 0 Å². The van der Waals surface area contributed by atoms with Crippen LogP contribution in [-0.2, 0) is 6.54 Å². The fraction of sp³-hybridized carbons (Fsp3) is 0.333. The molecule has 0 aliphatic rings. The highest BCUT2D eigenvalue weighted by molar-refractivity contribution is 6.30. The highest BCUT2D eigenvalue weighted by Crippen LogP contribution is 2.12. The van der Waals surface area contributed by atoms with Crippen molar-refractivity contribution in [3.63, 3.8) is 0 Å². The first-order valence-electron chi connectivity index (χ1n) is 2.91. The number of nitrogens with zero attached hydrogens (tertiary/aromatic N) is 2. The average molecular weight is 158 g/mol. The van der Waals surface area contributed by atoms with E-state index in [-0.39, 0.29) is 0 Å². The molecule has 0 bridgehead atoms. The molecule has 0 aromatic carbocycles. The summed E-state index contributed by atoms with van der Waals surface area (Å²) in [5.74, 6) is 0. The summed E-state index contributed by atoms with van der Waals surface area (Å²) in [6, 6.07) is 0. The Labute approximate surface area is 64.2 Å². The van der Waals surface area contributed by atoms with Crippen molar-refractivity contribution in [1.29, 1.82) is 0 Å². The van der Waals surface area contributed by atoms with Gasteiger partial charge in [-0.3, -0.25) is 0 Å². The third kappa shape index (κ3) is 1.25. The molecule has 0 aliphatic carbocycles. The fourth-order valence-electron chi connectivity index (χ4n) is 0.703. The molecule has 2 N–H and O–H groups in total. The molecule has 0 amide bonds. The van der Waals surface area contributed by atoms with Crippen LogP contribution in [0.2, 0.25) is 5.15 Å². The molecule has 1 aromatic rings. The lowest BCUT2D eigenvalue weighted by Gasteiger charge is -2.00. The predicted octanol–water partition coefficient (Wildman–Crippen LogP) is 0.897. The van der Waals surface area contributed by atoms with Crippen LogP contribution in [0.5, 0.6) is 0 Å². The quantitative estimate of drug-likeness (QED) is 0.617. The first kappa shape index (κ1) is 7.44. The number of hydrogen-bond donors (Lipinski definition) is 1. The molecule has 0 aliphatic heterocycles. The van der Waals surface area contributed by atoms with E-state index in [9.17, 15) is 0 Å². The van der Waals surface area contributed by atoms with Crippen LogP contribution in [0.1, 0.15) is 11.3 Å². The number of hydrogen-bond acceptors (Lipinski definition) is 3. The van der Waals surface area contributed by atoms with Crippen molar-refractivity contribution < 1.29 is 0 Å². The normalized spacial score (nSPS) is 9.90. The van der Waals surface area contributed by atoms with Gasteiger partial charge in [-0.05, 0) is 6.92 Å². The van der Waals surface area contributed by atoms with Crippen molar-refractivity contribution in [3.8, 4) is 0 Å². The van der Waals surface area contributed by atoms with Gasteiger partial charge in [0.25, 0.3) is 0 Å². The SMILES string of the molecule is Cc1ncnc(Cl)c1CN. The third-order valence-electron chi connectivity index (χ3n) is 1.31. The Balaban J connectivity index is 3.17. The number of aromatic nitrogens is 2. The van der Waals surface area contributed by atoms with Gasteiger partial charge in [0, 0.05) is 17.8 Å². The zero-order valence-electron chi connectivity index (χ0n) is 5.63. The molecular formula is C6H8ClN3. The molecule has 0 spiro atoms. The van der Waals surface area contributed by atoms with Gasteiger partial charge in [0.05, 0.1) is 0 Å². The summed E-state index contributed by atoms with van der Waals surface area (Å²) < 4.78 is 0. The monoisotopic (exact) mass is 157 g/mol. The second kappa shape index (κ2) is 2.94. The lowest BCUT2D eigenvalue weighted by atomic mass is 10.2. The first-order chi connectivity index (χ1) is 4.75. The zero-order valence-corrected chi connectivity index (χ0v) is 6.39. The molecule has 0 radical (unpaired) electrons. The molecule has 0 fully saturated rings. The molecule has 1 rings (SSSR count). The van der Waals surface area contributed by atoms with Crippen molar-refractivity contribution in [3.05, 3.63) is 22.7 Å². The molecule has 0 saturated carbocycles. The van der Waals surface area contributed by atoms with E-state index in [1.165, 1.54) is 6.33 Å². The van der Waals surface area contributed by atoms with Crippen LogP contribution in [-0.4, -0.2) is 9.97 Å². The Hall–Kier alpha value is -0.670. The number of nitrogens with two attached hydrogens (primary N) is 1. The van der Waals surface area contributed by atoms with Crippen molar-refractivity contribution in [2.75, 3.05) is 0 Å². The first-order valence-corrected chi connectivity index (χ1v) is 3.29. The minimum absolute atomic E-state index is 0.394. The molecule has 1 aromatic heterocycles. The van der Waals surface area contributed by atoms with E-state index in [0.29, 0.717) is 11.7 Å². The molecule has 10 heavy (non-hydrogen) atoms. The summed E-state index contributed by atoms with van der Waals surface area (Å²) in [4.78, 5) is 7.72. The minimum atomic E-state index is 0.394. The van der Waals surface area contributed by atoms with E-state index in [1.807, 2.05) is 6.92 Å². The number of rotatable bonds is 1. The highest BCUT2D eigenvalue weighted by Gasteiger charge is 2.01. The average Bonchev–Trinajstić information content (AvgIpc) is 1.88. The summed E-state index contributed by atoms with van der Waals surface area (Å²) in [6.45, 7) is 2.25. The standard InChI is InChI=1S/C6H8ClN3/c1-4-5(2-8)6(7)10-3-9-4/h3H,2,8H2,1H3. The maximum atomic E-state index is 5.70.